The second-order valence-electron chi connectivity index (χ2n) is 5.23. The predicted octanol–water partition coefficient (Wildman–Crippen LogP) is 3.75. The zero-order valence-corrected chi connectivity index (χ0v) is 12.3. The minimum Gasteiger partial charge on any atom is -0.453 e. The molecule has 0 bridgehead atoms. The van der Waals surface area contributed by atoms with Crippen LogP contribution in [0.15, 0.2) is 29.6 Å². The molecule has 1 aromatic carbocycles. The molecule has 0 spiro atoms. The van der Waals surface area contributed by atoms with E-state index in [1.54, 1.807) is 0 Å². The molecule has 1 fully saturated rings. The average Bonchev–Trinajstić information content (AvgIpc) is 3.01. The van der Waals surface area contributed by atoms with Crippen LogP contribution in [-0.2, 0) is 15.1 Å². The van der Waals surface area contributed by atoms with Gasteiger partial charge in [0, 0.05) is 23.9 Å². The third kappa shape index (κ3) is 2.54. The summed E-state index contributed by atoms with van der Waals surface area (Å²) >= 11 is 1.52. The van der Waals surface area contributed by atoms with Crippen LogP contribution in [0, 0.1) is 6.92 Å². The van der Waals surface area contributed by atoms with Gasteiger partial charge in [-0.1, -0.05) is 17.7 Å². The molecule has 1 aliphatic heterocycles. The van der Waals surface area contributed by atoms with Gasteiger partial charge in [-0.3, -0.25) is 4.79 Å². The summed E-state index contributed by atoms with van der Waals surface area (Å²) in [5.74, 6) is -0.145. The lowest BCUT2D eigenvalue weighted by Crippen LogP contribution is -2.21. The molecule has 0 aliphatic carbocycles. The normalized spacial score (nSPS) is 21.8. The number of cyclic esters (lactones) is 1. The Hall–Kier alpha value is -1.88. The average molecular weight is 288 g/mol. The predicted molar refractivity (Wildman–Crippen MR) is 79.3 cm³/mol. The fraction of sp³-hybridized carbons (Fsp3) is 0.333. The van der Waals surface area contributed by atoms with Crippen LogP contribution in [-0.4, -0.2) is 11.0 Å². The number of carbonyl (C=O) groups is 1. The van der Waals surface area contributed by atoms with E-state index in [2.05, 4.69) is 29.4 Å². The Kier molecular flexibility index (Phi) is 3.22. The molecular weight excluding hydrogens is 272 g/mol. The summed E-state index contributed by atoms with van der Waals surface area (Å²) in [5, 5.41) is 6.04. The van der Waals surface area contributed by atoms with Crippen molar-refractivity contribution in [2.75, 3.05) is 5.32 Å². The number of rotatable bonds is 3. The molecule has 4 nitrogen and oxygen atoms in total. The Morgan fingerprint density at radius 1 is 1.35 bits per heavy atom. The first-order valence-electron chi connectivity index (χ1n) is 6.57. The Balaban J connectivity index is 1.77. The van der Waals surface area contributed by atoms with E-state index >= 15 is 0 Å². The maximum Gasteiger partial charge on any atom is 0.306 e. The number of carbonyl (C=O) groups excluding carboxylic acids is 1. The highest BCUT2D eigenvalue weighted by molar-refractivity contribution is 7.13. The third-order valence-electron chi connectivity index (χ3n) is 3.49. The Morgan fingerprint density at radius 2 is 2.10 bits per heavy atom. The van der Waals surface area contributed by atoms with Crippen LogP contribution in [0.4, 0.5) is 10.8 Å². The molecule has 2 aromatic rings. The Morgan fingerprint density at radius 3 is 2.75 bits per heavy atom. The topological polar surface area (TPSA) is 51.2 Å². The maximum absolute atomic E-state index is 11.3. The number of anilines is 2. The number of esters is 1. The highest BCUT2D eigenvalue weighted by Crippen LogP contribution is 2.37. The van der Waals surface area contributed by atoms with Crippen molar-refractivity contribution in [1.82, 2.24) is 4.98 Å². The first-order valence-corrected chi connectivity index (χ1v) is 7.45. The molecule has 1 aliphatic rings. The van der Waals surface area contributed by atoms with Crippen LogP contribution < -0.4 is 5.32 Å². The first-order chi connectivity index (χ1) is 9.55. The van der Waals surface area contributed by atoms with Gasteiger partial charge in [-0.2, -0.15) is 0 Å². The molecule has 0 saturated carbocycles. The van der Waals surface area contributed by atoms with Crippen molar-refractivity contribution >= 4 is 28.1 Å². The quantitative estimate of drug-likeness (QED) is 0.874. The standard InChI is InChI=1S/C15H16N2O2S/c1-10-3-5-11(6-4-10)16-14-17-12(9-20-14)15(2)8-7-13(18)19-15/h3-6,9H,7-8H2,1-2H3,(H,16,17)/t15-/m1/s1. The number of thiazole rings is 1. The van der Waals surface area contributed by atoms with Crippen molar-refractivity contribution in [3.8, 4) is 0 Å². The number of benzene rings is 1. The van der Waals surface area contributed by atoms with Gasteiger partial charge in [-0.25, -0.2) is 4.98 Å². The summed E-state index contributed by atoms with van der Waals surface area (Å²) in [5.41, 5.74) is 2.48. The molecule has 3 rings (SSSR count). The van der Waals surface area contributed by atoms with Crippen molar-refractivity contribution in [3.63, 3.8) is 0 Å². The molecule has 20 heavy (non-hydrogen) atoms. The Bertz CT molecular complexity index is 636. The minimum absolute atomic E-state index is 0.145. The van der Waals surface area contributed by atoms with E-state index in [0.717, 1.165) is 16.5 Å². The largest absolute Gasteiger partial charge is 0.453 e. The molecule has 1 saturated heterocycles. The van der Waals surface area contributed by atoms with Gasteiger partial charge in [0.2, 0.25) is 0 Å². The van der Waals surface area contributed by atoms with Crippen molar-refractivity contribution < 1.29 is 9.53 Å². The summed E-state index contributed by atoms with van der Waals surface area (Å²) in [6.45, 7) is 3.98. The smallest absolute Gasteiger partial charge is 0.306 e. The zero-order chi connectivity index (χ0) is 14.2. The summed E-state index contributed by atoms with van der Waals surface area (Å²) in [7, 11) is 0. The molecule has 0 amide bonds. The second-order valence-corrected chi connectivity index (χ2v) is 6.09. The highest BCUT2D eigenvalue weighted by atomic mass is 32.1. The minimum atomic E-state index is -0.569. The van der Waals surface area contributed by atoms with Gasteiger partial charge in [-0.15, -0.1) is 11.3 Å². The number of nitrogens with zero attached hydrogens (tertiary/aromatic N) is 1. The van der Waals surface area contributed by atoms with E-state index in [4.69, 9.17) is 4.74 Å². The second kappa shape index (κ2) is 4.90. The van der Waals surface area contributed by atoms with Crippen molar-refractivity contribution in [1.29, 1.82) is 0 Å². The van der Waals surface area contributed by atoms with E-state index in [9.17, 15) is 4.79 Å². The molecule has 5 heteroatoms. The zero-order valence-electron chi connectivity index (χ0n) is 11.5. The lowest BCUT2D eigenvalue weighted by atomic mass is 10.00. The van der Waals surface area contributed by atoms with Crippen molar-refractivity contribution in [2.24, 2.45) is 0 Å². The van der Waals surface area contributed by atoms with Gasteiger partial charge in [0.1, 0.15) is 0 Å². The van der Waals surface area contributed by atoms with Crippen molar-refractivity contribution in [2.45, 2.75) is 32.3 Å². The molecule has 0 unspecified atom stereocenters. The van der Waals surface area contributed by atoms with E-state index < -0.39 is 5.60 Å². The van der Waals surface area contributed by atoms with Gasteiger partial charge >= 0.3 is 5.97 Å². The van der Waals surface area contributed by atoms with E-state index in [0.29, 0.717) is 12.8 Å². The van der Waals surface area contributed by atoms with Crippen LogP contribution in [0.5, 0.6) is 0 Å². The SMILES string of the molecule is Cc1ccc(Nc2nc([C@@]3(C)CCC(=O)O3)cs2)cc1. The lowest BCUT2D eigenvalue weighted by molar-refractivity contribution is -0.148. The highest BCUT2D eigenvalue weighted by Gasteiger charge is 2.39. The number of aromatic nitrogens is 1. The number of hydrogen-bond acceptors (Lipinski definition) is 5. The molecular formula is C15H16N2O2S. The van der Waals surface area contributed by atoms with Crippen LogP contribution in [0.1, 0.15) is 31.0 Å². The molecule has 1 atom stereocenters. The third-order valence-corrected chi connectivity index (χ3v) is 4.25. The van der Waals surface area contributed by atoms with Gasteiger partial charge in [-0.05, 0) is 26.0 Å². The number of aryl methyl sites for hydroxylation is 1. The van der Waals surface area contributed by atoms with Crippen LogP contribution in [0.2, 0.25) is 0 Å². The first kappa shape index (κ1) is 13.1. The molecule has 0 radical (unpaired) electrons. The van der Waals surface area contributed by atoms with Crippen LogP contribution in [0.3, 0.4) is 0 Å². The van der Waals surface area contributed by atoms with Crippen LogP contribution >= 0.6 is 11.3 Å². The Labute approximate surface area is 121 Å². The molecule has 2 heterocycles. The summed E-state index contributed by atoms with van der Waals surface area (Å²) in [4.78, 5) is 15.8. The number of nitrogens with one attached hydrogen (secondary N) is 1. The fourth-order valence-electron chi connectivity index (χ4n) is 2.21. The van der Waals surface area contributed by atoms with Gasteiger partial charge in [0.25, 0.3) is 0 Å². The summed E-state index contributed by atoms with van der Waals surface area (Å²) < 4.78 is 5.39. The molecule has 104 valence electrons. The van der Waals surface area contributed by atoms with E-state index in [-0.39, 0.29) is 5.97 Å². The summed E-state index contributed by atoms with van der Waals surface area (Å²) in [6, 6.07) is 8.15. The summed E-state index contributed by atoms with van der Waals surface area (Å²) in [6.07, 6.45) is 1.16. The fourth-order valence-corrected chi connectivity index (χ4v) is 3.06. The molecule has 1 aromatic heterocycles. The monoisotopic (exact) mass is 288 g/mol. The van der Waals surface area contributed by atoms with Gasteiger partial charge in [0.15, 0.2) is 10.7 Å². The maximum atomic E-state index is 11.3. The number of ether oxygens (including phenoxy) is 1. The van der Waals surface area contributed by atoms with Gasteiger partial charge < -0.3 is 10.1 Å². The van der Waals surface area contributed by atoms with Crippen LogP contribution in [0.25, 0.3) is 0 Å². The van der Waals surface area contributed by atoms with E-state index in [1.807, 2.05) is 24.4 Å². The van der Waals surface area contributed by atoms with Crippen molar-refractivity contribution in [3.05, 3.63) is 40.9 Å². The molecule has 1 N–H and O–H groups in total. The van der Waals surface area contributed by atoms with E-state index in [1.165, 1.54) is 16.9 Å². The number of hydrogen-bond donors (Lipinski definition) is 1. The van der Waals surface area contributed by atoms with Gasteiger partial charge in [0.05, 0.1) is 5.69 Å². The lowest BCUT2D eigenvalue weighted by Gasteiger charge is -2.19.